The Kier molecular flexibility index (Phi) is 9.31. The fourth-order valence-electron chi connectivity index (χ4n) is 2.25. The molecule has 1 aromatic rings. The van der Waals surface area contributed by atoms with Gasteiger partial charge in [0.15, 0.2) is 6.10 Å². The van der Waals surface area contributed by atoms with Gasteiger partial charge in [0.1, 0.15) is 5.75 Å². The first-order chi connectivity index (χ1) is 10.6. The number of ether oxygens (including phenoxy) is 1. The maximum absolute atomic E-state index is 10.8. The zero-order chi connectivity index (χ0) is 16.2. The molecule has 0 fully saturated rings. The van der Waals surface area contributed by atoms with Crippen molar-refractivity contribution in [1.82, 2.24) is 5.32 Å². The van der Waals surface area contributed by atoms with E-state index in [2.05, 4.69) is 12.2 Å². The molecule has 0 saturated carbocycles. The number of benzene rings is 1. The predicted molar refractivity (Wildman–Crippen MR) is 89.3 cm³/mol. The molecule has 0 aromatic heterocycles. The van der Waals surface area contributed by atoms with Crippen molar-refractivity contribution in [3.05, 3.63) is 29.8 Å². The molecule has 22 heavy (non-hydrogen) atoms. The van der Waals surface area contributed by atoms with Gasteiger partial charge in [-0.15, -0.1) is 0 Å². The molecular formula is C18H29NO3. The molecule has 0 saturated heterocycles. The summed E-state index contributed by atoms with van der Waals surface area (Å²) in [6, 6.07) is 7.60. The lowest BCUT2D eigenvalue weighted by molar-refractivity contribution is -0.144. The van der Waals surface area contributed by atoms with Crippen LogP contribution in [0.2, 0.25) is 0 Å². The number of hydrogen-bond donors (Lipinski definition) is 2. The van der Waals surface area contributed by atoms with Crippen LogP contribution >= 0.6 is 0 Å². The van der Waals surface area contributed by atoms with Gasteiger partial charge >= 0.3 is 5.97 Å². The molecule has 0 spiro atoms. The van der Waals surface area contributed by atoms with E-state index >= 15 is 0 Å². The Hall–Kier alpha value is -1.55. The van der Waals surface area contributed by atoms with Gasteiger partial charge in [0.05, 0.1) is 0 Å². The first-order valence-electron chi connectivity index (χ1n) is 8.32. The third-order valence-electron chi connectivity index (χ3n) is 3.60. The predicted octanol–water partition coefficient (Wildman–Crippen LogP) is 3.99. The van der Waals surface area contributed by atoms with Gasteiger partial charge in [0.2, 0.25) is 0 Å². The van der Waals surface area contributed by atoms with Gasteiger partial charge < -0.3 is 15.2 Å². The van der Waals surface area contributed by atoms with Crippen LogP contribution in [0.3, 0.4) is 0 Å². The van der Waals surface area contributed by atoms with Crippen LogP contribution in [0.15, 0.2) is 24.3 Å². The summed E-state index contributed by atoms with van der Waals surface area (Å²) in [5.74, 6) is -0.347. The Morgan fingerprint density at radius 3 is 2.68 bits per heavy atom. The summed E-state index contributed by atoms with van der Waals surface area (Å²) in [5.41, 5.74) is 1.11. The second kappa shape index (κ2) is 11.1. The average molecular weight is 307 g/mol. The number of rotatable bonds is 12. The van der Waals surface area contributed by atoms with Crippen LogP contribution in [0.4, 0.5) is 0 Å². The fraction of sp³-hybridized carbons (Fsp3) is 0.611. The first kappa shape index (κ1) is 18.5. The molecule has 2 N–H and O–H groups in total. The Morgan fingerprint density at radius 1 is 1.23 bits per heavy atom. The minimum absolute atomic E-state index is 0.605. The molecule has 124 valence electrons. The number of aliphatic carboxylic acids is 1. The van der Waals surface area contributed by atoms with Crippen LogP contribution in [-0.4, -0.2) is 23.7 Å². The monoisotopic (exact) mass is 307 g/mol. The first-order valence-corrected chi connectivity index (χ1v) is 8.32. The maximum Gasteiger partial charge on any atom is 0.344 e. The topological polar surface area (TPSA) is 58.6 Å². The SMILES string of the molecule is CCCCCCCCNCc1cccc(OC(C)C(=O)O)c1. The second-order valence-corrected chi connectivity index (χ2v) is 5.69. The second-order valence-electron chi connectivity index (χ2n) is 5.69. The molecule has 0 aliphatic rings. The third kappa shape index (κ3) is 8.03. The highest BCUT2D eigenvalue weighted by atomic mass is 16.5. The van der Waals surface area contributed by atoms with Crippen LogP contribution in [0, 0.1) is 0 Å². The zero-order valence-corrected chi connectivity index (χ0v) is 13.8. The van der Waals surface area contributed by atoms with Crippen LogP contribution < -0.4 is 10.1 Å². The number of unbranched alkanes of at least 4 members (excludes halogenated alkanes) is 5. The van der Waals surface area contributed by atoms with E-state index in [4.69, 9.17) is 9.84 Å². The van der Waals surface area contributed by atoms with Gasteiger partial charge in [0, 0.05) is 6.54 Å². The molecule has 1 unspecified atom stereocenters. The third-order valence-corrected chi connectivity index (χ3v) is 3.60. The van der Waals surface area contributed by atoms with E-state index in [-0.39, 0.29) is 0 Å². The highest BCUT2D eigenvalue weighted by molar-refractivity contribution is 5.72. The van der Waals surface area contributed by atoms with Crippen molar-refractivity contribution in [2.75, 3.05) is 6.54 Å². The highest BCUT2D eigenvalue weighted by Gasteiger charge is 2.12. The molecule has 1 rings (SSSR count). The van der Waals surface area contributed by atoms with E-state index in [0.29, 0.717) is 5.75 Å². The van der Waals surface area contributed by atoms with Crippen molar-refractivity contribution in [2.24, 2.45) is 0 Å². The van der Waals surface area contributed by atoms with Crippen LogP contribution in [-0.2, 0) is 11.3 Å². The summed E-state index contributed by atoms with van der Waals surface area (Å²) in [4.78, 5) is 10.8. The standard InChI is InChI=1S/C18H29NO3/c1-3-4-5-6-7-8-12-19-14-16-10-9-11-17(13-16)22-15(2)18(20)21/h9-11,13,15,19H,3-8,12,14H2,1-2H3,(H,20,21). The Bertz CT molecular complexity index is 434. The van der Waals surface area contributed by atoms with E-state index < -0.39 is 12.1 Å². The smallest absolute Gasteiger partial charge is 0.344 e. The number of hydrogen-bond acceptors (Lipinski definition) is 3. The molecule has 0 bridgehead atoms. The Morgan fingerprint density at radius 2 is 1.95 bits per heavy atom. The van der Waals surface area contributed by atoms with E-state index in [1.165, 1.54) is 45.4 Å². The van der Waals surface area contributed by atoms with E-state index in [0.717, 1.165) is 18.7 Å². The van der Waals surface area contributed by atoms with Crippen molar-refractivity contribution >= 4 is 5.97 Å². The van der Waals surface area contributed by atoms with Crippen molar-refractivity contribution in [3.63, 3.8) is 0 Å². The van der Waals surface area contributed by atoms with Crippen molar-refractivity contribution < 1.29 is 14.6 Å². The summed E-state index contributed by atoms with van der Waals surface area (Å²) in [5, 5.41) is 12.3. The number of carboxylic acids is 1. The summed E-state index contributed by atoms with van der Waals surface area (Å²) in [6.07, 6.45) is 6.96. The molecule has 0 amide bonds. The molecule has 0 radical (unpaired) electrons. The molecular weight excluding hydrogens is 278 g/mol. The van der Waals surface area contributed by atoms with E-state index in [1.54, 1.807) is 6.07 Å². The molecule has 0 aliphatic heterocycles. The zero-order valence-electron chi connectivity index (χ0n) is 13.8. The molecule has 0 heterocycles. The molecule has 4 nitrogen and oxygen atoms in total. The summed E-state index contributed by atoms with van der Waals surface area (Å²) in [6.45, 7) is 5.57. The lowest BCUT2D eigenvalue weighted by Gasteiger charge is -2.11. The van der Waals surface area contributed by atoms with Crippen LogP contribution in [0.5, 0.6) is 5.75 Å². The maximum atomic E-state index is 10.8. The summed E-state index contributed by atoms with van der Waals surface area (Å²) >= 11 is 0. The number of carboxylic acid groups (broad SMARTS) is 1. The van der Waals surface area contributed by atoms with Crippen LogP contribution in [0.25, 0.3) is 0 Å². The largest absolute Gasteiger partial charge is 0.479 e. The van der Waals surface area contributed by atoms with Crippen molar-refractivity contribution in [1.29, 1.82) is 0 Å². The summed E-state index contributed by atoms with van der Waals surface area (Å²) < 4.78 is 5.37. The highest BCUT2D eigenvalue weighted by Crippen LogP contribution is 2.15. The lowest BCUT2D eigenvalue weighted by Crippen LogP contribution is -2.23. The van der Waals surface area contributed by atoms with Gasteiger partial charge in [0.25, 0.3) is 0 Å². The number of carbonyl (C=O) groups is 1. The average Bonchev–Trinajstić information content (AvgIpc) is 2.50. The molecule has 1 atom stereocenters. The minimum atomic E-state index is -0.952. The van der Waals surface area contributed by atoms with Crippen molar-refractivity contribution in [3.8, 4) is 5.75 Å². The Balaban J connectivity index is 2.22. The van der Waals surface area contributed by atoms with Gasteiger partial charge in [-0.05, 0) is 37.6 Å². The summed E-state index contributed by atoms with van der Waals surface area (Å²) in [7, 11) is 0. The minimum Gasteiger partial charge on any atom is -0.479 e. The normalized spacial score (nSPS) is 12.1. The number of nitrogens with one attached hydrogen (secondary N) is 1. The van der Waals surface area contributed by atoms with Gasteiger partial charge in [-0.1, -0.05) is 51.2 Å². The molecule has 4 heteroatoms. The molecule has 1 aromatic carbocycles. The van der Waals surface area contributed by atoms with Crippen molar-refractivity contribution in [2.45, 2.75) is 65.0 Å². The van der Waals surface area contributed by atoms with Gasteiger partial charge in [-0.3, -0.25) is 0 Å². The van der Waals surface area contributed by atoms with E-state index in [1.807, 2.05) is 18.2 Å². The van der Waals surface area contributed by atoms with E-state index in [9.17, 15) is 4.79 Å². The van der Waals surface area contributed by atoms with Crippen LogP contribution in [0.1, 0.15) is 57.9 Å². The molecule has 0 aliphatic carbocycles. The quantitative estimate of drug-likeness (QED) is 0.573. The lowest BCUT2D eigenvalue weighted by atomic mass is 10.1. The fourth-order valence-corrected chi connectivity index (χ4v) is 2.25. The Labute approximate surface area is 133 Å². The van der Waals surface area contributed by atoms with Gasteiger partial charge in [-0.25, -0.2) is 4.79 Å². The van der Waals surface area contributed by atoms with Gasteiger partial charge in [-0.2, -0.15) is 0 Å².